The molecule has 1 aromatic heterocycles. The Morgan fingerprint density at radius 3 is 2.78 bits per heavy atom. The van der Waals surface area contributed by atoms with Crippen molar-refractivity contribution in [3.8, 4) is 0 Å². The van der Waals surface area contributed by atoms with Gasteiger partial charge in [-0.25, -0.2) is 4.98 Å². The topological polar surface area (TPSA) is 92.1 Å². The highest BCUT2D eigenvalue weighted by atomic mass is 35.5. The molecule has 0 spiro atoms. The van der Waals surface area contributed by atoms with Gasteiger partial charge in [-0.05, 0) is 31.5 Å². The number of carbonyl (C=O) groups excluding carboxylic acids is 1. The zero-order chi connectivity index (χ0) is 16.3. The van der Waals surface area contributed by atoms with E-state index in [2.05, 4.69) is 9.97 Å². The number of nitrogens with two attached hydrogens (primary N) is 1. The lowest BCUT2D eigenvalue weighted by Crippen LogP contribution is -2.42. The maximum atomic E-state index is 12.1. The van der Waals surface area contributed by atoms with Gasteiger partial charge in [0.15, 0.2) is 0 Å². The summed E-state index contributed by atoms with van der Waals surface area (Å²) in [6.07, 6.45) is 0.794. The van der Waals surface area contributed by atoms with Gasteiger partial charge in [0, 0.05) is 11.6 Å². The minimum atomic E-state index is -0.590. The zero-order valence-electron chi connectivity index (χ0n) is 13.0. The van der Waals surface area contributed by atoms with Crippen molar-refractivity contribution < 1.29 is 4.79 Å². The Balaban J connectivity index is 0.00000264. The SMILES string of the molecule is CCCN(Cc1nc2cc(Cl)ccc2c(=O)[nH]1)C(=O)C(C)N.Cl. The minimum Gasteiger partial charge on any atom is -0.334 e. The second-order valence-electron chi connectivity index (χ2n) is 5.22. The van der Waals surface area contributed by atoms with Crippen LogP contribution in [0.4, 0.5) is 0 Å². The third-order valence-electron chi connectivity index (χ3n) is 3.25. The molecule has 1 amide bonds. The number of nitrogens with zero attached hydrogens (tertiary/aromatic N) is 2. The van der Waals surface area contributed by atoms with Gasteiger partial charge in [-0.2, -0.15) is 0 Å². The van der Waals surface area contributed by atoms with E-state index in [0.717, 1.165) is 6.42 Å². The van der Waals surface area contributed by atoms with Gasteiger partial charge in [-0.15, -0.1) is 12.4 Å². The summed E-state index contributed by atoms with van der Waals surface area (Å²) in [5.74, 6) is 0.248. The van der Waals surface area contributed by atoms with Crippen LogP contribution in [-0.2, 0) is 11.3 Å². The normalized spacial score (nSPS) is 11.8. The Hall–Kier alpha value is -1.63. The Kier molecular flexibility index (Phi) is 7.00. The molecule has 23 heavy (non-hydrogen) atoms. The number of benzene rings is 1. The molecule has 1 atom stereocenters. The quantitative estimate of drug-likeness (QED) is 0.855. The van der Waals surface area contributed by atoms with Gasteiger partial charge in [0.25, 0.3) is 5.56 Å². The highest BCUT2D eigenvalue weighted by Crippen LogP contribution is 2.15. The first-order valence-corrected chi connectivity index (χ1v) is 7.53. The average Bonchev–Trinajstić information content (AvgIpc) is 2.45. The predicted octanol–water partition coefficient (Wildman–Crippen LogP) is 2.08. The summed E-state index contributed by atoms with van der Waals surface area (Å²) in [5.41, 5.74) is 5.92. The molecular weight excluding hydrogens is 339 g/mol. The van der Waals surface area contributed by atoms with Gasteiger partial charge in [-0.3, -0.25) is 9.59 Å². The maximum absolute atomic E-state index is 12.1. The maximum Gasteiger partial charge on any atom is 0.258 e. The summed E-state index contributed by atoms with van der Waals surface area (Å²) in [5, 5.41) is 0.974. The lowest BCUT2D eigenvalue weighted by Gasteiger charge is -2.23. The van der Waals surface area contributed by atoms with Crippen molar-refractivity contribution >= 4 is 40.8 Å². The number of nitrogens with one attached hydrogen (secondary N) is 1. The van der Waals surface area contributed by atoms with E-state index in [1.54, 1.807) is 30.0 Å². The number of H-pyrrole nitrogens is 1. The first kappa shape index (κ1) is 19.4. The molecule has 1 aromatic carbocycles. The van der Waals surface area contributed by atoms with Crippen molar-refractivity contribution in [2.24, 2.45) is 5.73 Å². The van der Waals surface area contributed by atoms with Crippen LogP contribution in [0.15, 0.2) is 23.0 Å². The summed E-state index contributed by atoms with van der Waals surface area (Å²) < 4.78 is 0. The molecule has 0 fully saturated rings. The Morgan fingerprint density at radius 1 is 1.48 bits per heavy atom. The van der Waals surface area contributed by atoms with Gasteiger partial charge in [0.05, 0.1) is 23.5 Å². The lowest BCUT2D eigenvalue weighted by molar-refractivity contribution is -0.133. The third kappa shape index (κ3) is 4.67. The van der Waals surface area contributed by atoms with Gasteiger partial charge in [-0.1, -0.05) is 18.5 Å². The number of fused-ring (bicyclic) bond motifs is 1. The van der Waals surface area contributed by atoms with Crippen LogP contribution in [0.3, 0.4) is 0 Å². The van der Waals surface area contributed by atoms with Gasteiger partial charge >= 0.3 is 0 Å². The fourth-order valence-corrected chi connectivity index (χ4v) is 2.41. The molecule has 0 radical (unpaired) electrons. The van der Waals surface area contributed by atoms with E-state index in [9.17, 15) is 9.59 Å². The highest BCUT2D eigenvalue weighted by molar-refractivity contribution is 6.31. The third-order valence-corrected chi connectivity index (χ3v) is 3.49. The standard InChI is InChI=1S/C15H19ClN4O2.ClH/c1-3-6-20(15(22)9(2)17)8-13-18-12-7-10(16)4-5-11(12)14(21)19-13;/h4-5,7,9H,3,6,8,17H2,1-2H3,(H,18,19,21);1H. The van der Waals surface area contributed by atoms with Crippen LogP contribution in [0.1, 0.15) is 26.1 Å². The van der Waals surface area contributed by atoms with Crippen LogP contribution >= 0.6 is 24.0 Å². The molecule has 0 bridgehead atoms. The van der Waals surface area contributed by atoms with Gasteiger partial charge < -0.3 is 15.6 Å². The molecule has 0 saturated heterocycles. The van der Waals surface area contributed by atoms with Crippen molar-refractivity contribution in [2.45, 2.75) is 32.9 Å². The molecule has 0 saturated carbocycles. The summed E-state index contributed by atoms with van der Waals surface area (Å²) in [4.78, 5) is 32.9. The van der Waals surface area contributed by atoms with Crippen LogP contribution < -0.4 is 11.3 Å². The molecule has 0 aliphatic carbocycles. The molecule has 0 aliphatic heterocycles. The molecule has 8 heteroatoms. The smallest absolute Gasteiger partial charge is 0.258 e. The number of amides is 1. The van der Waals surface area contributed by atoms with Crippen LogP contribution in [-0.4, -0.2) is 33.4 Å². The Labute approximate surface area is 145 Å². The molecule has 0 aliphatic rings. The van der Waals surface area contributed by atoms with E-state index in [-0.39, 0.29) is 30.4 Å². The first-order valence-electron chi connectivity index (χ1n) is 7.15. The van der Waals surface area contributed by atoms with Crippen molar-refractivity contribution in [3.63, 3.8) is 0 Å². The van der Waals surface area contributed by atoms with Gasteiger partial charge in [0.2, 0.25) is 5.91 Å². The molecule has 6 nitrogen and oxygen atoms in total. The van der Waals surface area contributed by atoms with Crippen LogP contribution in [0.25, 0.3) is 10.9 Å². The van der Waals surface area contributed by atoms with Crippen LogP contribution in [0, 0.1) is 0 Å². The molecule has 126 valence electrons. The summed E-state index contributed by atoms with van der Waals surface area (Å²) in [7, 11) is 0. The number of aromatic amines is 1. The van der Waals surface area contributed by atoms with Crippen molar-refractivity contribution in [3.05, 3.63) is 39.4 Å². The highest BCUT2D eigenvalue weighted by Gasteiger charge is 2.18. The monoisotopic (exact) mass is 358 g/mol. The number of hydrogen-bond donors (Lipinski definition) is 2. The minimum absolute atomic E-state index is 0. The lowest BCUT2D eigenvalue weighted by atomic mass is 10.2. The number of rotatable bonds is 5. The van der Waals surface area contributed by atoms with Crippen molar-refractivity contribution in [1.82, 2.24) is 14.9 Å². The zero-order valence-corrected chi connectivity index (χ0v) is 14.6. The summed E-state index contributed by atoms with van der Waals surface area (Å²) >= 11 is 5.94. The van der Waals surface area contributed by atoms with Crippen molar-refractivity contribution in [2.75, 3.05) is 6.54 Å². The Morgan fingerprint density at radius 2 is 2.17 bits per heavy atom. The molecule has 3 N–H and O–H groups in total. The first-order chi connectivity index (χ1) is 10.4. The number of carbonyl (C=O) groups is 1. The largest absolute Gasteiger partial charge is 0.334 e. The molecule has 1 heterocycles. The fourth-order valence-electron chi connectivity index (χ4n) is 2.24. The second-order valence-corrected chi connectivity index (χ2v) is 5.66. The summed E-state index contributed by atoms with van der Waals surface area (Å²) in [6.45, 7) is 4.38. The number of aromatic nitrogens is 2. The molecule has 2 aromatic rings. The van der Waals surface area contributed by atoms with E-state index < -0.39 is 6.04 Å². The van der Waals surface area contributed by atoms with E-state index in [1.807, 2.05) is 6.92 Å². The molecular formula is C15H20Cl2N4O2. The second kappa shape index (κ2) is 8.29. The van der Waals surface area contributed by atoms with E-state index in [0.29, 0.717) is 28.3 Å². The van der Waals surface area contributed by atoms with E-state index in [1.165, 1.54) is 0 Å². The fraction of sp³-hybridized carbons (Fsp3) is 0.400. The van der Waals surface area contributed by atoms with E-state index in [4.69, 9.17) is 17.3 Å². The molecule has 1 unspecified atom stereocenters. The Bertz CT molecular complexity index is 746. The number of halogens is 2. The average molecular weight is 359 g/mol. The number of hydrogen-bond acceptors (Lipinski definition) is 4. The molecule has 2 rings (SSSR count). The van der Waals surface area contributed by atoms with Gasteiger partial charge in [0.1, 0.15) is 5.82 Å². The predicted molar refractivity (Wildman–Crippen MR) is 94.0 cm³/mol. The summed E-state index contributed by atoms with van der Waals surface area (Å²) in [6, 6.07) is 4.31. The van der Waals surface area contributed by atoms with E-state index >= 15 is 0 Å². The van der Waals surface area contributed by atoms with Crippen LogP contribution in [0.2, 0.25) is 5.02 Å². The van der Waals surface area contributed by atoms with Crippen molar-refractivity contribution in [1.29, 1.82) is 0 Å². The van der Waals surface area contributed by atoms with Crippen LogP contribution in [0.5, 0.6) is 0 Å².